The lowest BCUT2D eigenvalue weighted by Crippen LogP contribution is -2.44. The van der Waals surface area contributed by atoms with Crippen molar-refractivity contribution in [3.63, 3.8) is 0 Å². The number of piperidine rings is 1. The highest BCUT2D eigenvalue weighted by Gasteiger charge is 2.31. The van der Waals surface area contributed by atoms with Crippen LogP contribution in [0.5, 0.6) is 0 Å². The Morgan fingerprint density at radius 2 is 1.89 bits per heavy atom. The molecule has 0 saturated carbocycles. The normalized spacial score (nSPS) is 22.4. The lowest BCUT2D eigenvalue weighted by Gasteiger charge is -2.19. The second kappa shape index (κ2) is 7.06. The SMILES string of the molecule is Cn1c(-c2ccc(N3CCC(C=O)C3)cc2)nn(C2CCC(=O)NC2=O)c1=O. The van der Waals surface area contributed by atoms with Crippen LogP contribution in [0.1, 0.15) is 25.3 Å². The fraction of sp³-hybridized carbons (Fsp3) is 0.421. The van der Waals surface area contributed by atoms with E-state index in [-0.39, 0.29) is 24.7 Å². The van der Waals surface area contributed by atoms with Gasteiger partial charge in [-0.25, -0.2) is 9.48 Å². The minimum Gasteiger partial charge on any atom is -0.371 e. The highest BCUT2D eigenvalue weighted by Crippen LogP contribution is 2.26. The van der Waals surface area contributed by atoms with Crippen molar-refractivity contribution in [2.24, 2.45) is 13.0 Å². The maximum absolute atomic E-state index is 12.6. The predicted molar refractivity (Wildman–Crippen MR) is 101 cm³/mol. The summed E-state index contributed by atoms with van der Waals surface area (Å²) in [4.78, 5) is 49.1. The van der Waals surface area contributed by atoms with Crippen LogP contribution in [0.15, 0.2) is 29.1 Å². The van der Waals surface area contributed by atoms with Crippen LogP contribution >= 0.6 is 0 Å². The molecule has 2 aromatic rings. The van der Waals surface area contributed by atoms with Crippen molar-refractivity contribution in [1.29, 1.82) is 0 Å². The second-order valence-electron chi connectivity index (χ2n) is 7.25. The van der Waals surface area contributed by atoms with Crippen LogP contribution in [-0.2, 0) is 21.4 Å². The smallest absolute Gasteiger partial charge is 0.346 e. The van der Waals surface area contributed by atoms with Crippen LogP contribution in [0.25, 0.3) is 11.4 Å². The maximum Gasteiger partial charge on any atom is 0.346 e. The van der Waals surface area contributed by atoms with Crippen LogP contribution in [-0.4, -0.2) is 45.5 Å². The number of nitrogens with one attached hydrogen (secondary N) is 1. The minimum atomic E-state index is -0.783. The van der Waals surface area contributed by atoms with Gasteiger partial charge >= 0.3 is 5.69 Å². The standard InChI is InChI=1S/C19H21N5O4/c1-22-17(21-24(19(22)28)15-6-7-16(26)20-18(15)27)13-2-4-14(5-3-13)23-9-8-12(10-23)11-25/h2-5,11-12,15H,6-10H2,1H3,(H,20,26,27). The summed E-state index contributed by atoms with van der Waals surface area (Å²) < 4.78 is 2.55. The Labute approximate surface area is 160 Å². The first-order valence-electron chi connectivity index (χ1n) is 9.28. The second-order valence-corrected chi connectivity index (χ2v) is 7.25. The highest BCUT2D eigenvalue weighted by molar-refractivity contribution is 5.99. The summed E-state index contributed by atoms with van der Waals surface area (Å²) in [6.07, 6.45) is 2.30. The van der Waals surface area contributed by atoms with Gasteiger partial charge in [-0.05, 0) is 37.1 Å². The van der Waals surface area contributed by atoms with Crippen LogP contribution in [0.3, 0.4) is 0 Å². The quantitative estimate of drug-likeness (QED) is 0.599. The van der Waals surface area contributed by atoms with Crippen LogP contribution < -0.4 is 15.9 Å². The molecule has 0 bridgehead atoms. The summed E-state index contributed by atoms with van der Waals surface area (Å²) >= 11 is 0. The first-order chi connectivity index (χ1) is 13.5. The van der Waals surface area contributed by atoms with E-state index in [0.29, 0.717) is 12.4 Å². The number of hydrogen-bond donors (Lipinski definition) is 1. The molecule has 2 saturated heterocycles. The van der Waals surface area contributed by atoms with Crippen molar-refractivity contribution in [2.75, 3.05) is 18.0 Å². The molecule has 28 heavy (non-hydrogen) atoms. The monoisotopic (exact) mass is 383 g/mol. The minimum absolute atomic E-state index is 0.0738. The Bertz CT molecular complexity index is 991. The fourth-order valence-corrected chi connectivity index (χ4v) is 3.78. The molecule has 146 valence electrons. The third kappa shape index (κ3) is 3.12. The van der Waals surface area contributed by atoms with Crippen molar-refractivity contribution < 1.29 is 14.4 Å². The Morgan fingerprint density at radius 1 is 1.14 bits per heavy atom. The van der Waals surface area contributed by atoms with Gasteiger partial charge in [0.15, 0.2) is 5.82 Å². The molecule has 2 unspecified atom stereocenters. The molecule has 2 fully saturated rings. The molecular formula is C19H21N5O4. The highest BCUT2D eigenvalue weighted by atomic mass is 16.2. The van der Waals surface area contributed by atoms with E-state index in [4.69, 9.17) is 0 Å². The number of benzene rings is 1. The van der Waals surface area contributed by atoms with E-state index in [1.54, 1.807) is 7.05 Å². The Balaban J connectivity index is 1.60. The van der Waals surface area contributed by atoms with Gasteiger partial charge in [0.25, 0.3) is 5.91 Å². The number of imide groups is 1. The molecule has 1 N–H and O–H groups in total. The summed E-state index contributed by atoms with van der Waals surface area (Å²) in [6.45, 7) is 1.55. The predicted octanol–water partition coefficient (Wildman–Crippen LogP) is 0.252. The van der Waals surface area contributed by atoms with Crippen LogP contribution in [0.2, 0.25) is 0 Å². The number of rotatable bonds is 4. The number of carbonyl (C=O) groups is 3. The molecule has 9 nitrogen and oxygen atoms in total. The molecule has 2 aliphatic heterocycles. The topological polar surface area (TPSA) is 106 Å². The van der Waals surface area contributed by atoms with Crippen molar-refractivity contribution in [2.45, 2.75) is 25.3 Å². The third-order valence-electron chi connectivity index (χ3n) is 5.42. The number of carbonyl (C=O) groups excluding carboxylic acids is 3. The summed E-state index contributed by atoms with van der Waals surface area (Å²) in [5.74, 6) is -0.310. The number of aldehydes is 1. The Kier molecular flexibility index (Phi) is 4.58. The molecule has 1 aromatic carbocycles. The van der Waals surface area contributed by atoms with Crippen molar-refractivity contribution in [3.05, 3.63) is 34.7 Å². The summed E-state index contributed by atoms with van der Waals surface area (Å²) in [5.41, 5.74) is 1.37. The number of anilines is 1. The van der Waals surface area contributed by atoms with Gasteiger partial charge in [-0.2, -0.15) is 0 Å². The zero-order valence-corrected chi connectivity index (χ0v) is 15.5. The van der Waals surface area contributed by atoms with Gasteiger partial charge in [0.2, 0.25) is 5.91 Å². The molecule has 0 radical (unpaired) electrons. The summed E-state index contributed by atoms with van der Waals surface area (Å²) in [7, 11) is 1.61. The molecule has 9 heteroatoms. The Hall–Kier alpha value is -3.23. The molecule has 0 spiro atoms. The first kappa shape index (κ1) is 18.1. The maximum atomic E-state index is 12.6. The van der Waals surface area contributed by atoms with Gasteiger partial charge in [0.1, 0.15) is 12.3 Å². The average molecular weight is 383 g/mol. The van der Waals surface area contributed by atoms with Gasteiger partial charge in [0, 0.05) is 43.7 Å². The lowest BCUT2D eigenvalue weighted by molar-refractivity contribution is -0.136. The average Bonchev–Trinajstić information content (AvgIpc) is 3.28. The largest absolute Gasteiger partial charge is 0.371 e. The van der Waals surface area contributed by atoms with Crippen molar-refractivity contribution >= 4 is 23.8 Å². The number of hydrogen-bond acceptors (Lipinski definition) is 6. The lowest BCUT2D eigenvalue weighted by atomic mass is 10.1. The van der Waals surface area contributed by atoms with Gasteiger partial charge < -0.3 is 9.69 Å². The molecule has 3 heterocycles. The summed E-state index contributed by atoms with van der Waals surface area (Å²) in [6, 6.07) is 6.85. The van der Waals surface area contributed by atoms with E-state index in [2.05, 4.69) is 15.3 Å². The van der Waals surface area contributed by atoms with Gasteiger partial charge in [0.05, 0.1) is 0 Å². The van der Waals surface area contributed by atoms with E-state index in [1.807, 2.05) is 24.3 Å². The first-order valence-corrected chi connectivity index (χ1v) is 9.28. The molecule has 2 aliphatic rings. The number of aromatic nitrogens is 3. The summed E-state index contributed by atoms with van der Waals surface area (Å²) in [5, 5.41) is 6.62. The van der Waals surface area contributed by atoms with Gasteiger partial charge in [-0.15, -0.1) is 5.10 Å². The van der Waals surface area contributed by atoms with Crippen LogP contribution in [0, 0.1) is 5.92 Å². The van der Waals surface area contributed by atoms with E-state index >= 15 is 0 Å². The molecule has 2 atom stereocenters. The molecule has 1 aromatic heterocycles. The van der Waals surface area contributed by atoms with E-state index in [1.165, 1.54) is 4.57 Å². The van der Waals surface area contributed by atoms with E-state index < -0.39 is 17.6 Å². The molecule has 0 aliphatic carbocycles. The van der Waals surface area contributed by atoms with Crippen LogP contribution in [0.4, 0.5) is 5.69 Å². The third-order valence-corrected chi connectivity index (χ3v) is 5.42. The van der Waals surface area contributed by atoms with Crippen molar-refractivity contribution in [3.8, 4) is 11.4 Å². The molecule has 2 amide bonds. The van der Waals surface area contributed by atoms with Crippen molar-refractivity contribution in [1.82, 2.24) is 19.7 Å². The number of amides is 2. The van der Waals surface area contributed by atoms with E-state index in [0.717, 1.165) is 35.2 Å². The van der Waals surface area contributed by atoms with Gasteiger partial charge in [-0.3, -0.25) is 19.5 Å². The fourth-order valence-electron chi connectivity index (χ4n) is 3.78. The van der Waals surface area contributed by atoms with E-state index in [9.17, 15) is 19.2 Å². The zero-order chi connectivity index (χ0) is 19.8. The molecular weight excluding hydrogens is 362 g/mol. The molecule has 4 rings (SSSR count). The zero-order valence-electron chi connectivity index (χ0n) is 15.5. The Morgan fingerprint density at radius 3 is 2.54 bits per heavy atom. The van der Waals surface area contributed by atoms with Gasteiger partial charge in [-0.1, -0.05) is 0 Å². The number of nitrogens with zero attached hydrogens (tertiary/aromatic N) is 4.